The van der Waals surface area contributed by atoms with Crippen LogP contribution in [0.5, 0.6) is 0 Å². The Morgan fingerprint density at radius 1 is 1.47 bits per heavy atom. The first kappa shape index (κ1) is 15.2. The van der Waals surface area contributed by atoms with Crippen molar-refractivity contribution in [1.82, 2.24) is 15.1 Å². The van der Waals surface area contributed by atoms with Crippen LogP contribution in [0.15, 0.2) is 0 Å². The van der Waals surface area contributed by atoms with Gasteiger partial charge in [-0.05, 0) is 34.0 Å². The Hall–Kier alpha value is -0.200. The lowest BCUT2D eigenvalue weighted by molar-refractivity contribution is 0.0912. The molecule has 19 heavy (non-hydrogen) atoms. The predicted molar refractivity (Wildman–Crippen MR) is 76.3 cm³/mol. The van der Waals surface area contributed by atoms with Crippen molar-refractivity contribution >= 4 is 0 Å². The van der Waals surface area contributed by atoms with Gasteiger partial charge < -0.3 is 20.1 Å². The van der Waals surface area contributed by atoms with E-state index in [0.29, 0.717) is 6.04 Å². The number of aliphatic hydroxyl groups excluding tert-OH is 1. The van der Waals surface area contributed by atoms with Crippen LogP contribution in [0.1, 0.15) is 12.8 Å². The minimum atomic E-state index is -0.168. The third kappa shape index (κ3) is 3.89. The Labute approximate surface area is 116 Å². The lowest BCUT2D eigenvalue weighted by Crippen LogP contribution is -2.48. The Morgan fingerprint density at radius 3 is 2.84 bits per heavy atom. The highest BCUT2D eigenvalue weighted by atomic mass is 16.5. The van der Waals surface area contributed by atoms with Gasteiger partial charge in [0.05, 0.1) is 12.7 Å². The van der Waals surface area contributed by atoms with Gasteiger partial charge in [-0.3, -0.25) is 4.90 Å². The molecule has 112 valence electrons. The lowest BCUT2D eigenvalue weighted by atomic mass is 9.86. The highest BCUT2D eigenvalue weighted by Crippen LogP contribution is 2.32. The van der Waals surface area contributed by atoms with Crippen molar-refractivity contribution in [2.75, 3.05) is 60.5 Å². The first-order chi connectivity index (χ1) is 9.04. The third-order valence-electron chi connectivity index (χ3n) is 4.36. The van der Waals surface area contributed by atoms with Gasteiger partial charge in [-0.1, -0.05) is 0 Å². The van der Waals surface area contributed by atoms with E-state index in [1.165, 1.54) is 0 Å². The molecule has 0 radical (unpaired) electrons. The van der Waals surface area contributed by atoms with E-state index in [-0.39, 0.29) is 11.5 Å². The number of aliphatic hydroxyl groups is 1. The zero-order valence-electron chi connectivity index (χ0n) is 12.6. The van der Waals surface area contributed by atoms with Crippen molar-refractivity contribution in [2.24, 2.45) is 5.41 Å². The molecule has 0 aliphatic carbocycles. The summed E-state index contributed by atoms with van der Waals surface area (Å²) in [7, 11) is 6.21. The Bertz CT molecular complexity index is 280. The maximum atomic E-state index is 9.96. The minimum Gasteiger partial charge on any atom is -0.392 e. The van der Waals surface area contributed by atoms with Crippen LogP contribution in [0.25, 0.3) is 0 Å². The lowest BCUT2D eigenvalue weighted by Gasteiger charge is -2.35. The molecule has 2 N–H and O–H groups in total. The third-order valence-corrected chi connectivity index (χ3v) is 4.36. The van der Waals surface area contributed by atoms with Gasteiger partial charge >= 0.3 is 0 Å². The number of β-amino-alcohol motifs (C(OH)–C–C–N with tert-alkyl or cyclic N) is 1. The zero-order valence-corrected chi connectivity index (χ0v) is 12.6. The second kappa shape index (κ2) is 6.50. The van der Waals surface area contributed by atoms with Crippen LogP contribution in [0.4, 0.5) is 0 Å². The van der Waals surface area contributed by atoms with Crippen molar-refractivity contribution in [2.45, 2.75) is 25.0 Å². The molecule has 0 amide bonds. The van der Waals surface area contributed by atoms with Gasteiger partial charge in [0.1, 0.15) is 0 Å². The number of hydrogen-bond donors (Lipinski definition) is 2. The van der Waals surface area contributed by atoms with Crippen LogP contribution in [0.2, 0.25) is 0 Å². The van der Waals surface area contributed by atoms with Crippen LogP contribution in [-0.2, 0) is 4.74 Å². The summed E-state index contributed by atoms with van der Waals surface area (Å²) in [5, 5.41) is 13.3. The fourth-order valence-corrected chi connectivity index (χ4v) is 3.54. The molecule has 3 atom stereocenters. The van der Waals surface area contributed by atoms with Gasteiger partial charge in [-0.25, -0.2) is 0 Å². The maximum Gasteiger partial charge on any atom is 0.0682 e. The number of nitrogens with one attached hydrogen (secondary N) is 1. The molecule has 0 bridgehead atoms. The Morgan fingerprint density at radius 2 is 2.26 bits per heavy atom. The van der Waals surface area contributed by atoms with E-state index in [1.807, 2.05) is 7.05 Å². The molecule has 3 unspecified atom stereocenters. The smallest absolute Gasteiger partial charge is 0.0682 e. The van der Waals surface area contributed by atoms with E-state index in [1.54, 1.807) is 0 Å². The molecule has 2 saturated heterocycles. The number of nitrogens with zero attached hydrogens (tertiary/aromatic N) is 2. The fourth-order valence-electron chi connectivity index (χ4n) is 3.54. The van der Waals surface area contributed by atoms with Gasteiger partial charge in [-0.15, -0.1) is 0 Å². The molecule has 0 aromatic rings. The highest BCUT2D eigenvalue weighted by molar-refractivity contribution is 4.94. The second-order valence-corrected chi connectivity index (χ2v) is 6.57. The molecule has 0 saturated carbocycles. The van der Waals surface area contributed by atoms with E-state index in [9.17, 15) is 5.11 Å². The van der Waals surface area contributed by atoms with E-state index in [0.717, 1.165) is 52.2 Å². The average Bonchev–Trinajstić information content (AvgIpc) is 2.88. The molecule has 0 spiro atoms. The summed E-state index contributed by atoms with van der Waals surface area (Å²) in [6.07, 6.45) is 1.85. The van der Waals surface area contributed by atoms with Crippen molar-refractivity contribution in [1.29, 1.82) is 0 Å². The zero-order chi connectivity index (χ0) is 13.9. The van der Waals surface area contributed by atoms with Crippen LogP contribution >= 0.6 is 0 Å². The second-order valence-electron chi connectivity index (χ2n) is 6.57. The topological polar surface area (TPSA) is 48.0 Å². The predicted octanol–water partition coefficient (Wildman–Crippen LogP) is -0.391. The summed E-state index contributed by atoms with van der Waals surface area (Å²) < 4.78 is 5.63. The quantitative estimate of drug-likeness (QED) is 0.689. The van der Waals surface area contributed by atoms with Crippen molar-refractivity contribution < 1.29 is 9.84 Å². The largest absolute Gasteiger partial charge is 0.392 e. The Kier molecular flexibility index (Phi) is 5.20. The summed E-state index contributed by atoms with van der Waals surface area (Å²) >= 11 is 0. The van der Waals surface area contributed by atoms with E-state index in [4.69, 9.17) is 4.74 Å². The first-order valence-corrected chi connectivity index (χ1v) is 7.34. The highest BCUT2D eigenvalue weighted by Gasteiger charge is 2.40. The minimum absolute atomic E-state index is 0.168. The average molecular weight is 271 g/mol. The van der Waals surface area contributed by atoms with Crippen molar-refractivity contribution in [3.05, 3.63) is 0 Å². The molecule has 5 heteroatoms. The molecule has 5 nitrogen and oxygen atoms in total. The molecule has 2 heterocycles. The van der Waals surface area contributed by atoms with Gasteiger partial charge in [0.25, 0.3) is 0 Å². The van der Waals surface area contributed by atoms with E-state index in [2.05, 4.69) is 29.2 Å². The van der Waals surface area contributed by atoms with E-state index >= 15 is 0 Å². The van der Waals surface area contributed by atoms with Gasteiger partial charge in [0.15, 0.2) is 0 Å². The molecule has 0 aromatic heterocycles. The molecular formula is C14H29N3O2. The van der Waals surface area contributed by atoms with Crippen LogP contribution < -0.4 is 5.32 Å². The standard InChI is InChI=1S/C14H29N3O2/c1-15-9-14(4-5-19-11-14)10-17-8-13(18)6-12(17)7-16(2)3/h12-13,15,18H,4-11H2,1-3H3. The molecule has 2 fully saturated rings. The first-order valence-electron chi connectivity index (χ1n) is 7.34. The normalized spacial score (nSPS) is 36.5. The van der Waals surface area contributed by atoms with Crippen LogP contribution in [0.3, 0.4) is 0 Å². The molecule has 2 aliphatic heterocycles. The monoisotopic (exact) mass is 271 g/mol. The number of likely N-dealkylation sites (tertiary alicyclic amines) is 1. The summed E-state index contributed by atoms with van der Waals surface area (Å²) in [6, 6.07) is 0.472. The fraction of sp³-hybridized carbons (Fsp3) is 1.00. The number of hydrogen-bond acceptors (Lipinski definition) is 5. The van der Waals surface area contributed by atoms with Gasteiger partial charge in [0, 0.05) is 44.2 Å². The number of likely N-dealkylation sites (N-methyl/N-ethyl adjacent to an activating group) is 1. The van der Waals surface area contributed by atoms with Gasteiger partial charge in [0.2, 0.25) is 0 Å². The maximum absolute atomic E-state index is 9.96. The van der Waals surface area contributed by atoms with Crippen LogP contribution in [-0.4, -0.2) is 87.6 Å². The Balaban J connectivity index is 1.98. The molecular weight excluding hydrogens is 242 g/mol. The number of ether oxygens (including phenoxy) is 1. The number of rotatable bonds is 6. The SMILES string of the molecule is CNCC1(CN2CC(O)CC2CN(C)C)CCOC1. The molecule has 2 rings (SSSR count). The van der Waals surface area contributed by atoms with E-state index < -0.39 is 0 Å². The van der Waals surface area contributed by atoms with Crippen molar-refractivity contribution in [3.63, 3.8) is 0 Å². The summed E-state index contributed by atoms with van der Waals surface area (Å²) in [4.78, 5) is 4.68. The van der Waals surface area contributed by atoms with Gasteiger partial charge in [-0.2, -0.15) is 0 Å². The van der Waals surface area contributed by atoms with Crippen molar-refractivity contribution in [3.8, 4) is 0 Å². The molecule has 2 aliphatic rings. The summed E-state index contributed by atoms with van der Waals surface area (Å²) in [5.41, 5.74) is 0.226. The molecule has 0 aromatic carbocycles. The van der Waals surface area contributed by atoms with Crippen LogP contribution in [0, 0.1) is 5.41 Å². The summed E-state index contributed by atoms with van der Waals surface area (Å²) in [5.74, 6) is 0. The summed E-state index contributed by atoms with van der Waals surface area (Å²) in [6.45, 7) is 5.57.